The lowest BCUT2D eigenvalue weighted by atomic mass is 10.4. The van der Waals surface area contributed by atoms with E-state index in [0.717, 1.165) is 24.5 Å². The minimum atomic E-state index is 0.0390. The lowest BCUT2D eigenvalue weighted by Gasteiger charge is -2.15. The van der Waals surface area contributed by atoms with Gasteiger partial charge in [0.2, 0.25) is 0 Å². The van der Waals surface area contributed by atoms with E-state index < -0.39 is 0 Å². The Morgan fingerprint density at radius 3 is 2.58 bits per heavy atom. The molecule has 1 rings (SSSR count). The fraction of sp³-hybridized carbons (Fsp3) is 0.625. The minimum absolute atomic E-state index is 0.0390. The summed E-state index contributed by atoms with van der Waals surface area (Å²) in [6, 6.07) is 0. The molecule has 0 amide bonds. The van der Waals surface area contributed by atoms with Crippen molar-refractivity contribution in [1.29, 1.82) is 0 Å². The van der Waals surface area contributed by atoms with Crippen molar-refractivity contribution >= 4 is 11.3 Å². The second-order valence-electron chi connectivity index (χ2n) is 2.61. The van der Waals surface area contributed by atoms with E-state index in [1.807, 2.05) is 0 Å². The molecule has 0 bridgehead atoms. The largest absolute Gasteiger partial charge is 0.319 e. The highest BCUT2D eigenvalue weighted by Crippen LogP contribution is 2.04. The minimum Gasteiger partial charge on any atom is -0.319 e. The van der Waals surface area contributed by atoms with Gasteiger partial charge in [0, 0.05) is 17.6 Å². The molecule has 1 aromatic rings. The van der Waals surface area contributed by atoms with Gasteiger partial charge in [-0.3, -0.25) is 9.69 Å². The van der Waals surface area contributed by atoms with Crippen molar-refractivity contribution in [3.05, 3.63) is 20.7 Å². The van der Waals surface area contributed by atoms with Crippen LogP contribution in [0.15, 0.2) is 11.0 Å². The van der Waals surface area contributed by atoms with Crippen molar-refractivity contribution in [3.8, 4) is 0 Å². The fourth-order valence-electron chi connectivity index (χ4n) is 1.06. The summed E-state index contributed by atoms with van der Waals surface area (Å²) in [5.41, 5.74) is 0. The molecule has 0 aliphatic rings. The van der Waals surface area contributed by atoms with Crippen LogP contribution in [0.4, 0.5) is 0 Å². The number of aromatic amines is 1. The van der Waals surface area contributed by atoms with Gasteiger partial charge < -0.3 is 4.98 Å². The van der Waals surface area contributed by atoms with Crippen LogP contribution in [0.25, 0.3) is 0 Å². The van der Waals surface area contributed by atoms with Gasteiger partial charge in [0.15, 0.2) is 0 Å². The van der Waals surface area contributed by atoms with Crippen molar-refractivity contribution in [3.63, 3.8) is 0 Å². The van der Waals surface area contributed by atoms with Gasteiger partial charge in [-0.15, -0.1) is 0 Å². The molecule has 1 aromatic heterocycles. The van der Waals surface area contributed by atoms with Gasteiger partial charge in [-0.2, -0.15) is 0 Å². The molecule has 0 unspecified atom stereocenters. The second-order valence-corrected chi connectivity index (χ2v) is 3.71. The molecule has 12 heavy (non-hydrogen) atoms. The Morgan fingerprint density at radius 2 is 2.17 bits per heavy atom. The molecule has 3 nitrogen and oxygen atoms in total. The summed E-state index contributed by atoms with van der Waals surface area (Å²) in [4.78, 5) is 16.9. The van der Waals surface area contributed by atoms with E-state index in [0.29, 0.717) is 0 Å². The third-order valence-corrected chi connectivity index (χ3v) is 2.66. The van der Waals surface area contributed by atoms with Crippen LogP contribution < -0.4 is 4.87 Å². The highest BCUT2D eigenvalue weighted by atomic mass is 32.1. The van der Waals surface area contributed by atoms with Crippen molar-refractivity contribution < 1.29 is 0 Å². The molecule has 0 atom stereocenters. The van der Waals surface area contributed by atoms with Crippen LogP contribution >= 0.6 is 11.3 Å². The molecular formula is C8H14N2OS. The van der Waals surface area contributed by atoms with E-state index >= 15 is 0 Å². The summed E-state index contributed by atoms with van der Waals surface area (Å²) < 4.78 is 0. The maximum absolute atomic E-state index is 10.8. The lowest BCUT2D eigenvalue weighted by Crippen LogP contribution is -2.21. The van der Waals surface area contributed by atoms with Gasteiger partial charge in [0.25, 0.3) is 0 Å². The molecule has 0 saturated carbocycles. The third kappa shape index (κ3) is 2.46. The van der Waals surface area contributed by atoms with Gasteiger partial charge in [0.1, 0.15) is 0 Å². The molecule has 0 aliphatic heterocycles. The molecule has 0 aliphatic carbocycles. The molecular weight excluding hydrogens is 172 g/mol. The third-order valence-electron chi connectivity index (χ3n) is 1.85. The van der Waals surface area contributed by atoms with E-state index in [1.165, 1.54) is 11.3 Å². The predicted molar refractivity (Wildman–Crippen MR) is 51.6 cm³/mol. The van der Waals surface area contributed by atoms with Crippen LogP contribution in [-0.4, -0.2) is 23.0 Å². The van der Waals surface area contributed by atoms with Crippen molar-refractivity contribution in [2.45, 2.75) is 20.4 Å². The number of nitrogens with zero attached hydrogens (tertiary/aromatic N) is 1. The first-order valence-corrected chi connectivity index (χ1v) is 4.97. The summed E-state index contributed by atoms with van der Waals surface area (Å²) in [6.07, 6.45) is 1.80. The number of thiazole rings is 1. The zero-order valence-electron chi connectivity index (χ0n) is 7.46. The number of nitrogens with one attached hydrogen (secondary N) is 1. The molecule has 1 N–H and O–H groups in total. The Bertz CT molecular complexity index is 275. The van der Waals surface area contributed by atoms with E-state index in [1.54, 1.807) is 6.20 Å². The smallest absolute Gasteiger partial charge is 0.304 e. The predicted octanol–water partition coefficient (Wildman–Crippen LogP) is 1.28. The average Bonchev–Trinajstić information content (AvgIpc) is 2.47. The number of H-pyrrole nitrogens is 1. The van der Waals surface area contributed by atoms with E-state index in [9.17, 15) is 4.79 Å². The fourth-order valence-corrected chi connectivity index (χ4v) is 1.78. The Hall–Kier alpha value is -0.610. The quantitative estimate of drug-likeness (QED) is 0.769. The van der Waals surface area contributed by atoms with Crippen LogP contribution in [-0.2, 0) is 6.54 Å². The Kier molecular flexibility index (Phi) is 3.49. The maximum Gasteiger partial charge on any atom is 0.304 e. The monoisotopic (exact) mass is 186 g/mol. The van der Waals surface area contributed by atoms with Crippen LogP contribution in [0.5, 0.6) is 0 Å². The van der Waals surface area contributed by atoms with Gasteiger partial charge in [-0.25, -0.2) is 0 Å². The molecule has 4 heteroatoms. The first kappa shape index (κ1) is 9.48. The summed E-state index contributed by atoms with van der Waals surface area (Å²) in [5, 5.41) is 0. The highest BCUT2D eigenvalue weighted by Gasteiger charge is 2.02. The highest BCUT2D eigenvalue weighted by molar-refractivity contribution is 7.09. The molecule has 0 aromatic carbocycles. The number of rotatable bonds is 4. The molecule has 0 radical (unpaired) electrons. The Balaban J connectivity index is 2.56. The molecule has 0 spiro atoms. The van der Waals surface area contributed by atoms with Crippen LogP contribution in [0.2, 0.25) is 0 Å². The molecule has 0 saturated heterocycles. The number of aromatic nitrogens is 1. The van der Waals surface area contributed by atoms with Crippen molar-refractivity contribution in [2.75, 3.05) is 13.1 Å². The van der Waals surface area contributed by atoms with Crippen LogP contribution in [0.3, 0.4) is 0 Å². The SMILES string of the molecule is CCN(CC)Cc1c[nH]c(=O)s1. The van der Waals surface area contributed by atoms with Gasteiger partial charge in [0.05, 0.1) is 0 Å². The standard InChI is InChI=1S/C8H14N2OS/c1-3-10(4-2)6-7-5-9-8(11)12-7/h5H,3-4,6H2,1-2H3,(H,9,11). The van der Waals surface area contributed by atoms with E-state index in [4.69, 9.17) is 0 Å². The zero-order valence-corrected chi connectivity index (χ0v) is 8.28. The summed E-state index contributed by atoms with van der Waals surface area (Å²) in [7, 11) is 0. The van der Waals surface area contributed by atoms with Gasteiger partial charge in [-0.05, 0) is 13.1 Å². The second kappa shape index (κ2) is 4.42. The van der Waals surface area contributed by atoms with Crippen molar-refractivity contribution in [2.24, 2.45) is 0 Å². The summed E-state index contributed by atoms with van der Waals surface area (Å²) in [6.45, 7) is 7.19. The van der Waals surface area contributed by atoms with Crippen molar-refractivity contribution in [1.82, 2.24) is 9.88 Å². The first-order valence-electron chi connectivity index (χ1n) is 4.16. The van der Waals surface area contributed by atoms with Crippen LogP contribution in [0.1, 0.15) is 18.7 Å². The summed E-state index contributed by atoms with van der Waals surface area (Å²) >= 11 is 1.29. The molecule has 68 valence electrons. The van der Waals surface area contributed by atoms with Gasteiger partial charge >= 0.3 is 4.87 Å². The van der Waals surface area contributed by atoms with E-state index in [-0.39, 0.29) is 4.87 Å². The van der Waals surface area contributed by atoms with Gasteiger partial charge in [-0.1, -0.05) is 25.2 Å². The topological polar surface area (TPSA) is 36.1 Å². The number of hydrogen-bond donors (Lipinski definition) is 1. The van der Waals surface area contributed by atoms with Crippen LogP contribution in [0, 0.1) is 0 Å². The Morgan fingerprint density at radius 1 is 1.50 bits per heavy atom. The Labute approximate surface area is 76.0 Å². The number of hydrogen-bond acceptors (Lipinski definition) is 3. The lowest BCUT2D eigenvalue weighted by molar-refractivity contribution is 0.298. The average molecular weight is 186 g/mol. The maximum atomic E-state index is 10.8. The normalized spacial score (nSPS) is 10.9. The molecule has 1 heterocycles. The van der Waals surface area contributed by atoms with E-state index in [2.05, 4.69) is 23.7 Å². The molecule has 0 fully saturated rings. The first-order chi connectivity index (χ1) is 5.76. The summed E-state index contributed by atoms with van der Waals surface area (Å²) in [5.74, 6) is 0. The zero-order chi connectivity index (χ0) is 8.97.